The fourth-order valence-electron chi connectivity index (χ4n) is 4.48. The second-order valence-corrected chi connectivity index (χ2v) is 10.2. The zero-order valence-electron chi connectivity index (χ0n) is 21.7. The van der Waals surface area contributed by atoms with Gasteiger partial charge in [-0.2, -0.15) is 0 Å². The Hall–Kier alpha value is -3.98. The highest BCUT2D eigenvalue weighted by Crippen LogP contribution is 2.33. The summed E-state index contributed by atoms with van der Waals surface area (Å²) in [7, 11) is 1.69. The third-order valence-corrected chi connectivity index (χ3v) is 6.74. The highest BCUT2D eigenvalue weighted by atomic mass is 16.5. The normalized spacial score (nSPS) is 11.6. The number of aromatic nitrogens is 2. The highest BCUT2D eigenvalue weighted by Gasteiger charge is 2.16. The number of ether oxygens (including phenoxy) is 1. The molecule has 0 aliphatic carbocycles. The maximum absolute atomic E-state index is 5.44. The summed E-state index contributed by atoms with van der Waals surface area (Å²) in [6, 6.07) is 31.9. The molecule has 36 heavy (non-hydrogen) atoms. The quantitative estimate of drug-likeness (QED) is 0.257. The molecule has 0 saturated carbocycles. The molecule has 0 N–H and O–H groups in total. The Morgan fingerprint density at radius 1 is 0.694 bits per heavy atom. The summed E-state index contributed by atoms with van der Waals surface area (Å²) in [4.78, 5) is 10.1. The second-order valence-electron chi connectivity index (χ2n) is 10.2. The van der Waals surface area contributed by atoms with E-state index in [2.05, 4.69) is 107 Å². The van der Waals surface area contributed by atoms with Gasteiger partial charge in [0.1, 0.15) is 5.75 Å². The summed E-state index contributed by atoms with van der Waals surface area (Å²) >= 11 is 0. The average Bonchev–Trinajstić information content (AvgIpc) is 2.91. The summed E-state index contributed by atoms with van der Waals surface area (Å²) in [5.74, 6) is 1.58. The van der Waals surface area contributed by atoms with E-state index in [1.54, 1.807) is 7.11 Å². The molecule has 0 unspecified atom stereocenters. The van der Waals surface area contributed by atoms with Gasteiger partial charge in [-0.15, -0.1) is 0 Å². The van der Waals surface area contributed by atoms with Crippen LogP contribution in [0, 0.1) is 0 Å². The Morgan fingerprint density at radius 2 is 1.36 bits per heavy atom. The molecule has 3 heteroatoms. The van der Waals surface area contributed by atoms with Crippen LogP contribution in [0.4, 0.5) is 0 Å². The van der Waals surface area contributed by atoms with Crippen molar-refractivity contribution in [1.29, 1.82) is 0 Å². The molecule has 180 valence electrons. The molecule has 0 aliphatic heterocycles. The number of methoxy groups -OCH3 is 1. The molecule has 5 rings (SSSR count). The van der Waals surface area contributed by atoms with Crippen molar-refractivity contribution < 1.29 is 4.74 Å². The topological polar surface area (TPSA) is 35.0 Å². The first kappa shape index (κ1) is 23.7. The Kier molecular flexibility index (Phi) is 6.32. The van der Waals surface area contributed by atoms with Crippen LogP contribution < -0.4 is 4.74 Å². The first-order valence-electron chi connectivity index (χ1n) is 12.5. The van der Waals surface area contributed by atoms with Gasteiger partial charge in [-0.1, -0.05) is 94.4 Å². The first-order chi connectivity index (χ1) is 17.4. The van der Waals surface area contributed by atoms with Gasteiger partial charge < -0.3 is 4.74 Å². The Labute approximate surface area is 213 Å². The number of rotatable bonds is 5. The molecule has 0 bridgehead atoms. The fraction of sp³-hybridized carbons (Fsp3) is 0.212. The smallest absolute Gasteiger partial charge is 0.160 e. The van der Waals surface area contributed by atoms with E-state index >= 15 is 0 Å². The van der Waals surface area contributed by atoms with Gasteiger partial charge in [0, 0.05) is 16.5 Å². The molecule has 1 aromatic heterocycles. The summed E-state index contributed by atoms with van der Waals surface area (Å²) in [5, 5.41) is 1.04. The lowest BCUT2D eigenvalue weighted by molar-refractivity contribution is 0.415. The Balaban J connectivity index is 1.69. The van der Waals surface area contributed by atoms with Crippen LogP contribution in [0.3, 0.4) is 0 Å². The van der Waals surface area contributed by atoms with Crippen LogP contribution in [-0.4, -0.2) is 17.1 Å². The highest BCUT2D eigenvalue weighted by molar-refractivity contribution is 5.96. The minimum Gasteiger partial charge on any atom is -0.497 e. The van der Waals surface area contributed by atoms with Crippen molar-refractivity contribution in [2.24, 2.45) is 0 Å². The van der Waals surface area contributed by atoms with Gasteiger partial charge in [0.2, 0.25) is 0 Å². The van der Waals surface area contributed by atoms with Crippen molar-refractivity contribution in [2.45, 2.75) is 39.5 Å². The minimum absolute atomic E-state index is 0.0978. The minimum atomic E-state index is 0.0978. The SMILES string of the molecule is CCc1ccc(-c2nc(-c3ccc(C(C)(C)C)cc3)nc3cc(-c4cccc(OC)c4)ccc23)cc1. The number of nitrogens with zero attached hydrogens (tertiary/aromatic N) is 2. The summed E-state index contributed by atoms with van der Waals surface area (Å²) in [5.41, 5.74) is 8.90. The predicted molar refractivity (Wildman–Crippen MR) is 150 cm³/mol. The molecule has 0 spiro atoms. The lowest BCUT2D eigenvalue weighted by Crippen LogP contribution is -2.10. The zero-order valence-corrected chi connectivity index (χ0v) is 21.7. The van der Waals surface area contributed by atoms with Crippen molar-refractivity contribution in [1.82, 2.24) is 9.97 Å². The van der Waals surface area contributed by atoms with E-state index in [-0.39, 0.29) is 5.41 Å². The monoisotopic (exact) mass is 472 g/mol. The van der Waals surface area contributed by atoms with Gasteiger partial charge in [0.15, 0.2) is 5.82 Å². The Bertz CT molecular complexity index is 1510. The molecule has 3 nitrogen and oxygen atoms in total. The average molecular weight is 473 g/mol. The maximum atomic E-state index is 5.44. The van der Waals surface area contributed by atoms with E-state index < -0.39 is 0 Å². The number of hydrogen-bond acceptors (Lipinski definition) is 3. The third kappa shape index (κ3) is 4.74. The van der Waals surface area contributed by atoms with Crippen LogP contribution in [0.2, 0.25) is 0 Å². The van der Waals surface area contributed by atoms with Crippen LogP contribution in [0.5, 0.6) is 5.75 Å². The molecule has 0 atom stereocenters. The number of fused-ring (bicyclic) bond motifs is 1. The number of aryl methyl sites for hydroxylation is 1. The number of benzene rings is 4. The van der Waals surface area contributed by atoms with Gasteiger partial charge in [0.05, 0.1) is 18.3 Å². The fourth-order valence-corrected chi connectivity index (χ4v) is 4.48. The zero-order chi connectivity index (χ0) is 25.3. The number of hydrogen-bond donors (Lipinski definition) is 0. The second kappa shape index (κ2) is 9.58. The van der Waals surface area contributed by atoms with Crippen molar-refractivity contribution in [3.05, 3.63) is 102 Å². The molecular formula is C33H32N2O. The van der Waals surface area contributed by atoms with Crippen molar-refractivity contribution in [3.8, 4) is 39.5 Å². The van der Waals surface area contributed by atoms with Crippen LogP contribution in [-0.2, 0) is 11.8 Å². The molecule has 0 amide bonds. The van der Waals surface area contributed by atoms with Crippen molar-refractivity contribution >= 4 is 10.9 Å². The van der Waals surface area contributed by atoms with E-state index in [4.69, 9.17) is 14.7 Å². The van der Waals surface area contributed by atoms with Crippen molar-refractivity contribution in [3.63, 3.8) is 0 Å². The van der Waals surface area contributed by atoms with E-state index in [0.717, 1.165) is 56.8 Å². The molecule has 1 heterocycles. The Morgan fingerprint density at radius 3 is 2.03 bits per heavy atom. The lowest BCUT2D eigenvalue weighted by atomic mass is 9.86. The van der Waals surface area contributed by atoms with Gasteiger partial charge in [0.25, 0.3) is 0 Å². The molecule has 0 saturated heterocycles. The summed E-state index contributed by atoms with van der Waals surface area (Å²) in [6.45, 7) is 8.86. The van der Waals surface area contributed by atoms with Crippen molar-refractivity contribution in [2.75, 3.05) is 7.11 Å². The molecule has 5 aromatic rings. The van der Waals surface area contributed by atoms with E-state index in [9.17, 15) is 0 Å². The van der Waals surface area contributed by atoms with Crippen LogP contribution in [0.15, 0.2) is 91.0 Å². The molecular weight excluding hydrogens is 440 g/mol. The van der Waals surface area contributed by atoms with E-state index in [1.165, 1.54) is 11.1 Å². The largest absolute Gasteiger partial charge is 0.497 e. The molecule has 0 radical (unpaired) electrons. The predicted octanol–water partition coefficient (Wildman–Crippen LogP) is 8.50. The molecule has 0 aliphatic rings. The standard InChI is InChI=1S/C33H32N2O/c1-6-22-10-12-23(13-11-22)31-29-19-16-26(25-8-7-9-28(20-25)36-5)21-30(29)34-32(35-31)24-14-17-27(18-15-24)33(2,3)4/h7-21H,6H2,1-5H3. The lowest BCUT2D eigenvalue weighted by Gasteiger charge is -2.19. The van der Waals surface area contributed by atoms with Gasteiger partial charge in [-0.3, -0.25) is 0 Å². The van der Waals surface area contributed by atoms with Crippen LogP contribution in [0.25, 0.3) is 44.7 Å². The van der Waals surface area contributed by atoms with Crippen LogP contribution >= 0.6 is 0 Å². The van der Waals surface area contributed by atoms with E-state index in [1.807, 2.05) is 12.1 Å². The maximum Gasteiger partial charge on any atom is 0.160 e. The van der Waals surface area contributed by atoms with E-state index in [0.29, 0.717) is 0 Å². The van der Waals surface area contributed by atoms with Gasteiger partial charge >= 0.3 is 0 Å². The first-order valence-corrected chi connectivity index (χ1v) is 12.5. The van der Waals surface area contributed by atoms with Gasteiger partial charge in [-0.05, 0) is 58.4 Å². The van der Waals surface area contributed by atoms with Gasteiger partial charge in [-0.25, -0.2) is 9.97 Å². The third-order valence-electron chi connectivity index (χ3n) is 6.74. The summed E-state index contributed by atoms with van der Waals surface area (Å²) in [6.07, 6.45) is 1.01. The molecule has 0 fully saturated rings. The van der Waals surface area contributed by atoms with Crippen LogP contribution in [0.1, 0.15) is 38.8 Å². The molecule has 4 aromatic carbocycles. The summed E-state index contributed by atoms with van der Waals surface area (Å²) < 4.78 is 5.44.